The van der Waals surface area contributed by atoms with E-state index < -0.39 is 0 Å². The molecule has 0 atom stereocenters. The number of nitrogens with zero attached hydrogens (tertiary/aromatic N) is 1. The van der Waals surface area contributed by atoms with Gasteiger partial charge >= 0.3 is 0 Å². The van der Waals surface area contributed by atoms with Crippen LogP contribution in [0.1, 0.15) is 11.3 Å². The van der Waals surface area contributed by atoms with Crippen LogP contribution >= 0.6 is 0 Å². The van der Waals surface area contributed by atoms with Crippen molar-refractivity contribution in [1.29, 1.82) is 0 Å². The first-order valence-corrected chi connectivity index (χ1v) is 7.55. The van der Waals surface area contributed by atoms with Gasteiger partial charge in [0, 0.05) is 30.6 Å². The Morgan fingerprint density at radius 3 is 3.04 bits per heavy atom. The lowest BCUT2D eigenvalue weighted by atomic mass is 10.1. The molecule has 0 fully saturated rings. The second-order valence-electron chi connectivity index (χ2n) is 5.34. The Morgan fingerprint density at radius 2 is 2.13 bits per heavy atom. The van der Waals surface area contributed by atoms with E-state index >= 15 is 0 Å². The Morgan fingerprint density at radius 1 is 1.17 bits per heavy atom. The minimum atomic E-state index is 0.281. The number of fused-ring (bicyclic) bond motifs is 1. The second kappa shape index (κ2) is 6.18. The molecule has 2 aromatic heterocycles. The van der Waals surface area contributed by atoms with Crippen LogP contribution in [-0.2, 0) is 13.0 Å². The van der Waals surface area contributed by atoms with Gasteiger partial charge in [0.05, 0.1) is 18.2 Å². The fraction of sp³-hybridized carbons (Fsp3) is 0.235. The molecule has 1 aliphatic rings. The average Bonchev–Trinajstić information content (AvgIpc) is 3.31. The molecule has 2 N–H and O–H groups in total. The van der Waals surface area contributed by atoms with Gasteiger partial charge in [-0.3, -0.25) is 5.10 Å². The van der Waals surface area contributed by atoms with E-state index in [4.69, 9.17) is 13.9 Å². The number of ether oxygens (including phenoxy) is 2. The van der Waals surface area contributed by atoms with Crippen LogP contribution in [0.15, 0.2) is 47.2 Å². The normalized spacial score (nSPS) is 12.7. The van der Waals surface area contributed by atoms with Crippen LogP contribution in [0.4, 0.5) is 0 Å². The van der Waals surface area contributed by atoms with Gasteiger partial charge in [0.15, 0.2) is 11.5 Å². The highest BCUT2D eigenvalue weighted by molar-refractivity contribution is 5.66. The Kier molecular flexibility index (Phi) is 3.73. The molecule has 23 heavy (non-hydrogen) atoms. The number of hydrogen-bond donors (Lipinski definition) is 2. The molecular weight excluding hydrogens is 294 g/mol. The number of aromatic amines is 1. The molecule has 0 spiro atoms. The molecule has 0 unspecified atom stereocenters. The first kappa shape index (κ1) is 13.9. The first-order chi connectivity index (χ1) is 11.4. The number of nitrogens with one attached hydrogen (secondary N) is 2. The second-order valence-corrected chi connectivity index (χ2v) is 5.34. The summed E-state index contributed by atoms with van der Waals surface area (Å²) in [5.74, 6) is 2.54. The Labute approximate surface area is 133 Å². The molecule has 0 bridgehead atoms. The monoisotopic (exact) mass is 311 g/mol. The van der Waals surface area contributed by atoms with Crippen LogP contribution in [0.3, 0.4) is 0 Å². The van der Waals surface area contributed by atoms with Crippen molar-refractivity contribution in [3.63, 3.8) is 0 Å². The van der Waals surface area contributed by atoms with Gasteiger partial charge in [0.1, 0.15) is 5.76 Å². The molecule has 0 saturated carbocycles. The van der Waals surface area contributed by atoms with E-state index in [0.29, 0.717) is 0 Å². The first-order valence-electron chi connectivity index (χ1n) is 7.55. The SMILES string of the molecule is c1coc(CCNCc2cn[nH]c2-c2ccc3c(c2)OCO3)c1. The fourth-order valence-electron chi connectivity index (χ4n) is 2.64. The van der Waals surface area contributed by atoms with Crippen LogP contribution in [0.2, 0.25) is 0 Å². The highest BCUT2D eigenvalue weighted by Gasteiger charge is 2.16. The van der Waals surface area contributed by atoms with E-state index in [0.717, 1.165) is 53.6 Å². The van der Waals surface area contributed by atoms with E-state index in [1.54, 1.807) is 6.26 Å². The summed E-state index contributed by atoms with van der Waals surface area (Å²) in [6.45, 7) is 1.86. The summed E-state index contributed by atoms with van der Waals surface area (Å²) in [5.41, 5.74) is 3.15. The van der Waals surface area contributed by atoms with Crippen molar-refractivity contribution in [2.24, 2.45) is 0 Å². The van der Waals surface area contributed by atoms with Gasteiger partial charge in [-0.2, -0.15) is 5.10 Å². The Hall–Kier alpha value is -2.73. The third-order valence-corrected chi connectivity index (χ3v) is 3.82. The summed E-state index contributed by atoms with van der Waals surface area (Å²) in [6, 6.07) is 9.79. The average molecular weight is 311 g/mol. The molecule has 6 nitrogen and oxygen atoms in total. The predicted molar refractivity (Wildman–Crippen MR) is 84.3 cm³/mol. The smallest absolute Gasteiger partial charge is 0.231 e. The van der Waals surface area contributed by atoms with Crippen LogP contribution < -0.4 is 14.8 Å². The number of furan rings is 1. The van der Waals surface area contributed by atoms with Crippen molar-refractivity contribution in [3.05, 3.63) is 54.1 Å². The largest absolute Gasteiger partial charge is 0.469 e. The topological polar surface area (TPSA) is 72.3 Å². The van der Waals surface area contributed by atoms with Gasteiger partial charge in [0.2, 0.25) is 6.79 Å². The summed E-state index contributed by atoms with van der Waals surface area (Å²) in [6.07, 6.45) is 4.41. The van der Waals surface area contributed by atoms with Crippen LogP contribution in [0.5, 0.6) is 11.5 Å². The molecular formula is C17H17N3O3. The number of H-pyrrole nitrogens is 1. The van der Waals surface area contributed by atoms with Crippen LogP contribution in [0.25, 0.3) is 11.3 Å². The van der Waals surface area contributed by atoms with Gasteiger partial charge in [-0.1, -0.05) is 0 Å². The highest BCUT2D eigenvalue weighted by atomic mass is 16.7. The molecule has 1 aliphatic heterocycles. The van der Waals surface area contributed by atoms with E-state index in [2.05, 4.69) is 15.5 Å². The maximum Gasteiger partial charge on any atom is 0.231 e. The third-order valence-electron chi connectivity index (χ3n) is 3.82. The van der Waals surface area contributed by atoms with Gasteiger partial charge in [0.25, 0.3) is 0 Å². The summed E-state index contributed by atoms with van der Waals surface area (Å²) in [5, 5.41) is 10.6. The van der Waals surface area contributed by atoms with Crippen molar-refractivity contribution in [2.45, 2.75) is 13.0 Å². The molecule has 0 radical (unpaired) electrons. The molecule has 0 amide bonds. The lowest BCUT2D eigenvalue weighted by Crippen LogP contribution is -2.16. The number of rotatable bonds is 6. The number of benzene rings is 1. The zero-order chi connectivity index (χ0) is 15.5. The quantitative estimate of drug-likeness (QED) is 0.685. The lowest BCUT2D eigenvalue weighted by Gasteiger charge is -2.06. The lowest BCUT2D eigenvalue weighted by molar-refractivity contribution is 0.174. The van der Waals surface area contributed by atoms with Gasteiger partial charge in [-0.25, -0.2) is 0 Å². The zero-order valence-electron chi connectivity index (χ0n) is 12.5. The maximum absolute atomic E-state index is 5.43. The number of aromatic nitrogens is 2. The van der Waals surface area contributed by atoms with E-state index in [-0.39, 0.29) is 6.79 Å². The fourth-order valence-corrected chi connectivity index (χ4v) is 2.64. The van der Waals surface area contributed by atoms with Crippen LogP contribution in [-0.4, -0.2) is 23.5 Å². The molecule has 6 heteroatoms. The van der Waals surface area contributed by atoms with Crippen LogP contribution in [0, 0.1) is 0 Å². The third kappa shape index (κ3) is 2.93. The van der Waals surface area contributed by atoms with Crippen molar-refractivity contribution in [2.75, 3.05) is 13.3 Å². The molecule has 3 heterocycles. The van der Waals surface area contributed by atoms with E-state index in [9.17, 15) is 0 Å². The molecule has 0 aliphatic carbocycles. The summed E-state index contributed by atoms with van der Waals surface area (Å²) < 4.78 is 16.1. The van der Waals surface area contributed by atoms with Crippen molar-refractivity contribution in [3.8, 4) is 22.8 Å². The molecule has 3 aromatic rings. The molecule has 4 rings (SSSR count). The predicted octanol–water partition coefficient (Wildman–Crippen LogP) is 2.73. The van der Waals surface area contributed by atoms with Gasteiger partial charge in [-0.05, 0) is 30.3 Å². The Bertz CT molecular complexity index is 780. The van der Waals surface area contributed by atoms with E-state index in [1.807, 2.05) is 36.5 Å². The van der Waals surface area contributed by atoms with E-state index in [1.165, 1.54) is 0 Å². The van der Waals surface area contributed by atoms with Crippen molar-refractivity contribution < 1.29 is 13.9 Å². The minimum absolute atomic E-state index is 0.281. The number of hydrogen-bond acceptors (Lipinski definition) is 5. The van der Waals surface area contributed by atoms with Crippen molar-refractivity contribution in [1.82, 2.24) is 15.5 Å². The Balaban J connectivity index is 1.42. The van der Waals surface area contributed by atoms with Gasteiger partial charge < -0.3 is 19.2 Å². The molecule has 118 valence electrons. The van der Waals surface area contributed by atoms with Gasteiger partial charge in [-0.15, -0.1) is 0 Å². The summed E-state index contributed by atoms with van der Waals surface area (Å²) in [7, 11) is 0. The van der Waals surface area contributed by atoms with Crippen molar-refractivity contribution >= 4 is 0 Å². The summed E-state index contributed by atoms with van der Waals surface area (Å²) >= 11 is 0. The minimum Gasteiger partial charge on any atom is -0.469 e. The standard InChI is InChI=1S/C17H17N3O3/c1-2-14(21-7-1)5-6-18-9-13-10-19-20-17(13)12-3-4-15-16(8-12)23-11-22-15/h1-4,7-8,10,18H,5-6,9,11H2,(H,19,20). The zero-order valence-corrected chi connectivity index (χ0v) is 12.5. The maximum atomic E-state index is 5.43. The molecule has 0 saturated heterocycles. The summed E-state index contributed by atoms with van der Waals surface area (Å²) in [4.78, 5) is 0. The highest BCUT2D eigenvalue weighted by Crippen LogP contribution is 2.36. The molecule has 1 aromatic carbocycles.